The second kappa shape index (κ2) is 4.19. The van der Waals surface area contributed by atoms with Crippen LogP contribution in [0.4, 0.5) is 0 Å². The van der Waals surface area contributed by atoms with Gasteiger partial charge in [0.2, 0.25) is 0 Å². The largest absolute Gasteiger partial charge is 0.354 e. The molecule has 0 fully saturated rings. The summed E-state index contributed by atoms with van der Waals surface area (Å²) < 4.78 is 0. The minimum atomic E-state index is 0.761. The van der Waals surface area contributed by atoms with E-state index in [9.17, 15) is 0 Å². The highest BCUT2D eigenvalue weighted by Crippen LogP contribution is 2.37. The molecule has 0 aliphatic rings. The fourth-order valence-corrected chi connectivity index (χ4v) is 3.87. The van der Waals surface area contributed by atoms with Gasteiger partial charge in [0.25, 0.3) is 0 Å². The molecule has 0 saturated heterocycles. The van der Waals surface area contributed by atoms with Crippen LogP contribution in [0.15, 0.2) is 48.5 Å². The molecular weight excluding hydrogens is 315 g/mol. The van der Waals surface area contributed by atoms with Gasteiger partial charge in [0.05, 0.1) is 10.0 Å². The van der Waals surface area contributed by atoms with Crippen LogP contribution in [0.3, 0.4) is 0 Å². The van der Waals surface area contributed by atoms with Crippen LogP contribution in [0.5, 0.6) is 0 Å². The van der Waals surface area contributed by atoms with Gasteiger partial charge in [0, 0.05) is 43.6 Å². The Labute approximate surface area is 135 Å². The van der Waals surface area contributed by atoms with Crippen molar-refractivity contribution in [3.63, 3.8) is 0 Å². The lowest BCUT2D eigenvalue weighted by molar-refractivity contribution is 1.54. The van der Waals surface area contributed by atoms with E-state index in [1.54, 1.807) is 0 Å². The number of aromatic nitrogens is 2. The highest BCUT2D eigenvalue weighted by Gasteiger charge is 2.12. The van der Waals surface area contributed by atoms with Crippen LogP contribution in [0.25, 0.3) is 43.6 Å². The van der Waals surface area contributed by atoms with Gasteiger partial charge < -0.3 is 9.97 Å². The van der Waals surface area contributed by atoms with Gasteiger partial charge in [0.15, 0.2) is 0 Å². The number of H-pyrrole nitrogens is 2. The van der Waals surface area contributed by atoms with Crippen molar-refractivity contribution in [1.29, 1.82) is 0 Å². The molecule has 0 aliphatic carbocycles. The van der Waals surface area contributed by atoms with Gasteiger partial charge in [-0.05, 0) is 36.4 Å². The Bertz CT molecular complexity index is 1100. The number of hydrogen-bond donors (Lipinski definition) is 2. The van der Waals surface area contributed by atoms with Crippen molar-refractivity contribution in [2.45, 2.75) is 0 Å². The molecule has 2 nitrogen and oxygen atoms in total. The van der Waals surface area contributed by atoms with Gasteiger partial charge >= 0.3 is 0 Å². The van der Waals surface area contributed by atoms with Gasteiger partial charge in [-0.2, -0.15) is 0 Å². The Balaban J connectivity index is 2.05. The Kier molecular flexibility index (Phi) is 2.36. The van der Waals surface area contributed by atoms with Gasteiger partial charge in [-0.3, -0.25) is 0 Å². The number of halogens is 2. The van der Waals surface area contributed by atoms with E-state index in [2.05, 4.69) is 22.1 Å². The molecule has 0 amide bonds. The van der Waals surface area contributed by atoms with Crippen molar-refractivity contribution < 1.29 is 0 Å². The predicted molar refractivity (Wildman–Crippen MR) is 95.2 cm³/mol. The Hall–Kier alpha value is -2.16. The fourth-order valence-electron chi connectivity index (χ4n) is 3.31. The Morgan fingerprint density at radius 2 is 1.05 bits per heavy atom. The van der Waals surface area contributed by atoms with Crippen LogP contribution in [0, 0.1) is 0 Å². The molecule has 5 rings (SSSR count). The third-order valence-electron chi connectivity index (χ3n) is 4.26. The van der Waals surface area contributed by atoms with Crippen LogP contribution in [-0.2, 0) is 0 Å². The third-order valence-corrected chi connectivity index (χ3v) is 4.89. The number of benzene rings is 3. The average molecular weight is 325 g/mol. The molecule has 5 aromatic rings. The zero-order valence-electron chi connectivity index (χ0n) is 11.4. The molecule has 2 aromatic heterocycles. The average Bonchev–Trinajstić information content (AvgIpc) is 3.03. The maximum atomic E-state index is 6.38. The van der Waals surface area contributed by atoms with Gasteiger partial charge in [-0.1, -0.05) is 35.3 Å². The summed E-state index contributed by atoms with van der Waals surface area (Å²) in [6.45, 7) is 0. The smallest absolute Gasteiger partial charge is 0.0506 e. The van der Waals surface area contributed by atoms with Gasteiger partial charge in [-0.25, -0.2) is 0 Å². The van der Waals surface area contributed by atoms with E-state index in [0.717, 1.165) is 53.7 Å². The summed E-state index contributed by atoms with van der Waals surface area (Å²) in [5.74, 6) is 0. The molecule has 2 N–H and O–H groups in total. The molecule has 0 spiro atoms. The SMILES string of the molecule is Clc1cccc2[nH]c3cc4c(cc3c12)[nH]c1cccc(Cl)c14. The molecule has 2 heterocycles. The summed E-state index contributed by atoms with van der Waals surface area (Å²) in [7, 11) is 0. The lowest BCUT2D eigenvalue weighted by Gasteiger charge is -1.96. The van der Waals surface area contributed by atoms with Crippen molar-refractivity contribution in [3.05, 3.63) is 58.6 Å². The van der Waals surface area contributed by atoms with E-state index in [1.807, 2.05) is 36.4 Å². The van der Waals surface area contributed by atoms with Gasteiger partial charge in [-0.15, -0.1) is 0 Å². The first-order valence-corrected chi connectivity index (χ1v) is 7.78. The highest BCUT2D eigenvalue weighted by atomic mass is 35.5. The summed E-state index contributed by atoms with van der Waals surface area (Å²) in [5, 5.41) is 5.89. The van der Waals surface area contributed by atoms with Crippen molar-refractivity contribution in [2.75, 3.05) is 0 Å². The summed E-state index contributed by atoms with van der Waals surface area (Å²) in [6.07, 6.45) is 0. The number of fused-ring (bicyclic) bond motifs is 6. The Morgan fingerprint density at radius 3 is 1.50 bits per heavy atom. The summed E-state index contributed by atoms with van der Waals surface area (Å²) in [6, 6.07) is 16.1. The number of rotatable bonds is 0. The maximum Gasteiger partial charge on any atom is 0.0506 e. The van der Waals surface area contributed by atoms with Crippen molar-refractivity contribution in [2.24, 2.45) is 0 Å². The van der Waals surface area contributed by atoms with E-state index < -0.39 is 0 Å². The molecule has 22 heavy (non-hydrogen) atoms. The van der Waals surface area contributed by atoms with E-state index in [-0.39, 0.29) is 0 Å². The van der Waals surface area contributed by atoms with E-state index in [0.29, 0.717) is 0 Å². The lowest BCUT2D eigenvalue weighted by atomic mass is 10.1. The fraction of sp³-hybridized carbons (Fsp3) is 0. The number of nitrogens with one attached hydrogen (secondary N) is 2. The van der Waals surface area contributed by atoms with Crippen LogP contribution in [-0.4, -0.2) is 9.97 Å². The van der Waals surface area contributed by atoms with Crippen molar-refractivity contribution in [1.82, 2.24) is 9.97 Å². The third kappa shape index (κ3) is 1.51. The first-order chi connectivity index (χ1) is 10.7. The predicted octanol–water partition coefficient (Wildman–Crippen LogP) is 6.26. The molecule has 0 radical (unpaired) electrons. The minimum Gasteiger partial charge on any atom is -0.354 e. The van der Waals surface area contributed by atoms with Crippen molar-refractivity contribution >= 4 is 66.8 Å². The van der Waals surface area contributed by atoms with E-state index in [1.165, 1.54) is 0 Å². The molecule has 106 valence electrons. The Morgan fingerprint density at radius 1 is 0.591 bits per heavy atom. The van der Waals surface area contributed by atoms with Crippen molar-refractivity contribution in [3.8, 4) is 0 Å². The first-order valence-electron chi connectivity index (χ1n) is 7.02. The second-order valence-corrected chi connectivity index (χ2v) is 6.33. The number of hydrogen-bond acceptors (Lipinski definition) is 0. The molecular formula is C18H10Cl2N2. The minimum absolute atomic E-state index is 0.761. The summed E-state index contributed by atoms with van der Waals surface area (Å²) >= 11 is 12.8. The van der Waals surface area contributed by atoms with Crippen LogP contribution >= 0.6 is 23.2 Å². The standard InChI is InChI=1S/C18H10Cl2N2/c19-11-3-1-5-13-17(11)9-7-16-10(8-15(9)21-13)18-12(20)4-2-6-14(18)22-16/h1-8,21-22H. The second-order valence-electron chi connectivity index (χ2n) is 5.52. The monoisotopic (exact) mass is 324 g/mol. The van der Waals surface area contributed by atoms with E-state index in [4.69, 9.17) is 23.2 Å². The van der Waals surface area contributed by atoms with Crippen LogP contribution < -0.4 is 0 Å². The van der Waals surface area contributed by atoms with Crippen LogP contribution in [0.2, 0.25) is 10.0 Å². The molecule has 0 atom stereocenters. The van der Waals surface area contributed by atoms with Crippen LogP contribution in [0.1, 0.15) is 0 Å². The summed E-state index contributed by atoms with van der Waals surface area (Å²) in [5.41, 5.74) is 4.23. The normalized spacial score (nSPS) is 12.1. The van der Waals surface area contributed by atoms with Gasteiger partial charge in [0.1, 0.15) is 0 Å². The topological polar surface area (TPSA) is 31.6 Å². The molecule has 3 aromatic carbocycles. The zero-order chi connectivity index (χ0) is 14.8. The number of aromatic amines is 2. The molecule has 0 saturated carbocycles. The van der Waals surface area contributed by atoms with E-state index >= 15 is 0 Å². The maximum absolute atomic E-state index is 6.38. The summed E-state index contributed by atoms with van der Waals surface area (Å²) in [4.78, 5) is 6.89. The quantitative estimate of drug-likeness (QED) is 0.337. The molecule has 0 aliphatic heterocycles. The molecule has 0 unspecified atom stereocenters. The molecule has 4 heteroatoms. The first kappa shape index (κ1) is 12.4. The molecule has 0 bridgehead atoms. The highest BCUT2D eigenvalue weighted by molar-refractivity contribution is 6.39. The zero-order valence-corrected chi connectivity index (χ0v) is 12.9. The lowest BCUT2D eigenvalue weighted by Crippen LogP contribution is -1.71.